The third kappa shape index (κ3) is 4.63. The summed E-state index contributed by atoms with van der Waals surface area (Å²) in [6.45, 7) is 0.429. The van der Waals surface area contributed by atoms with Crippen molar-refractivity contribution < 1.29 is 13.2 Å². The van der Waals surface area contributed by atoms with E-state index in [1.807, 2.05) is 17.0 Å². The van der Waals surface area contributed by atoms with Crippen LogP contribution in [0.25, 0.3) is 0 Å². The van der Waals surface area contributed by atoms with Crippen molar-refractivity contribution in [3.63, 3.8) is 0 Å². The lowest BCUT2D eigenvalue weighted by Gasteiger charge is -2.27. The largest absolute Gasteiger partial charge is 0.405 e. The summed E-state index contributed by atoms with van der Waals surface area (Å²) in [6.07, 6.45) is 0.540. The minimum atomic E-state index is -4.33. The van der Waals surface area contributed by atoms with Gasteiger partial charge >= 0.3 is 6.18 Å². The van der Waals surface area contributed by atoms with E-state index in [1.165, 1.54) is 11.1 Å². The Morgan fingerprint density at radius 2 is 1.57 bits per heavy atom. The van der Waals surface area contributed by atoms with Crippen LogP contribution in [0.3, 0.4) is 0 Å². The predicted octanol–water partition coefficient (Wildman–Crippen LogP) is 3.42. The van der Waals surface area contributed by atoms with E-state index in [1.54, 1.807) is 0 Å². The first-order valence-corrected chi connectivity index (χ1v) is 9.61. The zero-order valence-electron chi connectivity index (χ0n) is 15.5. The van der Waals surface area contributed by atoms with Crippen molar-refractivity contribution in [2.24, 2.45) is 0 Å². The van der Waals surface area contributed by atoms with Gasteiger partial charge in [0.15, 0.2) is 0 Å². The molecule has 1 saturated heterocycles. The highest BCUT2D eigenvalue weighted by Crippen LogP contribution is 2.25. The quantitative estimate of drug-likeness (QED) is 0.813. The van der Waals surface area contributed by atoms with Crippen LogP contribution in [0.4, 0.5) is 31.0 Å². The summed E-state index contributed by atoms with van der Waals surface area (Å²) in [5, 5.41) is 5.59. The molecule has 0 radical (unpaired) electrons. The molecule has 1 aliphatic heterocycles. The van der Waals surface area contributed by atoms with Gasteiger partial charge in [0, 0.05) is 19.1 Å². The summed E-state index contributed by atoms with van der Waals surface area (Å²) in [4.78, 5) is 14.9. The van der Waals surface area contributed by atoms with Crippen LogP contribution in [0.5, 0.6) is 0 Å². The smallest absolute Gasteiger partial charge is 0.351 e. The molecule has 2 aromatic rings. The predicted molar refractivity (Wildman–Crippen MR) is 102 cm³/mol. The second kappa shape index (κ2) is 7.81. The van der Waals surface area contributed by atoms with Gasteiger partial charge in [0.25, 0.3) is 0 Å². The fourth-order valence-electron chi connectivity index (χ4n) is 3.77. The number of benzene rings is 1. The van der Waals surface area contributed by atoms with Gasteiger partial charge in [0.05, 0.1) is 0 Å². The SMILES string of the molecule is FC(F)(F)CNc1nc(NC2Cc3ccccc3C2)nc(N2CCCCC2)n1. The van der Waals surface area contributed by atoms with Crippen molar-refractivity contribution in [2.45, 2.75) is 44.3 Å². The van der Waals surface area contributed by atoms with E-state index in [0.29, 0.717) is 11.9 Å². The van der Waals surface area contributed by atoms with E-state index in [0.717, 1.165) is 45.2 Å². The van der Waals surface area contributed by atoms with E-state index < -0.39 is 12.7 Å². The molecule has 0 bridgehead atoms. The van der Waals surface area contributed by atoms with Gasteiger partial charge in [-0.05, 0) is 43.2 Å². The first kappa shape index (κ1) is 18.8. The maximum Gasteiger partial charge on any atom is 0.405 e. The molecule has 2 aliphatic rings. The monoisotopic (exact) mass is 392 g/mol. The lowest BCUT2D eigenvalue weighted by atomic mass is 10.1. The summed E-state index contributed by atoms with van der Waals surface area (Å²) >= 11 is 0. The van der Waals surface area contributed by atoms with Crippen LogP contribution >= 0.6 is 0 Å². The van der Waals surface area contributed by atoms with Gasteiger partial charge in [0.2, 0.25) is 17.8 Å². The second-order valence-electron chi connectivity index (χ2n) is 7.32. The standard InChI is InChI=1S/C19H23F3N6/c20-19(21,22)12-23-16-25-17(27-18(26-16)28-8-4-1-5-9-28)24-15-10-13-6-2-3-7-14(13)11-15/h2-3,6-7,15H,1,4-5,8-12H2,(H2,23,24,25,26,27). The fourth-order valence-corrected chi connectivity index (χ4v) is 3.77. The normalized spacial score (nSPS) is 17.5. The van der Waals surface area contributed by atoms with Crippen molar-refractivity contribution in [1.82, 2.24) is 15.0 Å². The molecular weight excluding hydrogens is 369 g/mol. The molecule has 0 saturated carbocycles. The Morgan fingerprint density at radius 3 is 2.21 bits per heavy atom. The highest BCUT2D eigenvalue weighted by molar-refractivity contribution is 5.46. The number of halogens is 3. The van der Waals surface area contributed by atoms with Crippen LogP contribution in [0, 0.1) is 0 Å². The van der Waals surface area contributed by atoms with E-state index in [-0.39, 0.29) is 12.0 Å². The van der Waals surface area contributed by atoms with Crippen LogP contribution in [0.1, 0.15) is 30.4 Å². The molecule has 2 heterocycles. The van der Waals surface area contributed by atoms with Gasteiger partial charge < -0.3 is 15.5 Å². The summed E-state index contributed by atoms with van der Waals surface area (Å²) in [7, 11) is 0. The Bertz CT molecular complexity index is 795. The van der Waals surface area contributed by atoms with Crippen molar-refractivity contribution >= 4 is 17.8 Å². The molecule has 28 heavy (non-hydrogen) atoms. The number of hydrogen-bond donors (Lipinski definition) is 2. The summed E-state index contributed by atoms with van der Waals surface area (Å²) in [5.74, 6) is 0.696. The Morgan fingerprint density at radius 1 is 0.929 bits per heavy atom. The Balaban J connectivity index is 1.53. The number of nitrogens with one attached hydrogen (secondary N) is 2. The first-order valence-electron chi connectivity index (χ1n) is 9.61. The molecule has 0 spiro atoms. The maximum absolute atomic E-state index is 12.6. The minimum absolute atomic E-state index is 0.0501. The van der Waals surface area contributed by atoms with Crippen molar-refractivity contribution in [2.75, 3.05) is 35.2 Å². The number of alkyl halides is 3. The topological polar surface area (TPSA) is 66.0 Å². The molecule has 150 valence electrons. The van der Waals surface area contributed by atoms with E-state index in [4.69, 9.17) is 0 Å². The number of nitrogens with zero attached hydrogens (tertiary/aromatic N) is 4. The molecule has 9 heteroatoms. The molecule has 0 atom stereocenters. The van der Waals surface area contributed by atoms with Crippen molar-refractivity contribution in [1.29, 1.82) is 0 Å². The van der Waals surface area contributed by atoms with Crippen molar-refractivity contribution in [3.05, 3.63) is 35.4 Å². The van der Waals surface area contributed by atoms with Crippen LogP contribution in [-0.2, 0) is 12.8 Å². The molecule has 1 aliphatic carbocycles. The molecule has 6 nitrogen and oxygen atoms in total. The number of piperidine rings is 1. The van der Waals surface area contributed by atoms with Gasteiger partial charge in [-0.1, -0.05) is 24.3 Å². The minimum Gasteiger partial charge on any atom is -0.351 e. The van der Waals surface area contributed by atoms with Crippen molar-refractivity contribution in [3.8, 4) is 0 Å². The average molecular weight is 392 g/mol. The van der Waals surface area contributed by atoms with Crippen LogP contribution < -0.4 is 15.5 Å². The first-order chi connectivity index (χ1) is 13.5. The van der Waals surface area contributed by atoms with Crippen LogP contribution in [0.2, 0.25) is 0 Å². The Kier molecular flexibility index (Phi) is 5.23. The van der Waals surface area contributed by atoms with Crippen LogP contribution in [0.15, 0.2) is 24.3 Å². The van der Waals surface area contributed by atoms with Gasteiger partial charge in [-0.25, -0.2) is 0 Å². The van der Waals surface area contributed by atoms with E-state index in [9.17, 15) is 13.2 Å². The van der Waals surface area contributed by atoms with Gasteiger partial charge in [-0.15, -0.1) is 0 Å². The van der Waals surface area contributed by atoms with Gasteiger partial charge in [-0.3, -0.25) is 0 Å². The summed E-state index contributed by atoms with van der Waals surface area (Å²) in [5.41, 5.74) is 2.56. The third-order valence-corrected chi connectivity index (χ3v) is 5.09. The molecule has 1 aromatic carbocycles. The number of anilines is 3. The molecule has 2 N–H and O–H groups in total. The maximum atomic E-state index is 12.6. The number of rotatable bonds is 5. The molecule has 1 aromatic heterocycles. The lowest BCUT2D eigenvalue weighted by molar-refractivity contribution is -0.115. The molecule has 0 amide bonds. The third-order valence-electron chi connectivity index (χ3n) is 5.09. The molecule has 0 unspecified atom stereocenters. The zero-order chi connectivity index (χ0) is 19.6. The zero-order valence-corrected chi connectivity index (χ0v) is 15.5. The average Bonchev–Trinajstić information content (AvgIpc) is 3.08. The van der Waals surface area contributed by atoms with E-state index in [2.05, 4.69) is 37.7 Å². The Hall–Kier alpha value is -2.58. The fraction of sp³-hybridized carbons (Fsp3) is 0.526. The van der Waals surface area contributed by atoms with Gasteiger partial charge in [0.1, 0.15) is 6.54 Å². The number of fused-ring (bicyclic) bond motifs is 1. The highest BCUT2D eigenvalue weighted by Gasteiger charge is 2.28. The summed E-state index contributed by atoms with van der Waals surface area (Å²) in [6, 6.07) is 8.33. The lowest BCUT2D eigenvalue weighted by Crippen LogP contribution is -2.32. The summed E-state index contributed by atoms with van der Waals surface area (Å²) < 4.78 is 37.8. The molecule has 4 rings (SSSR count). The second-order valence-corrected chi connectivity index (χ2v) is 7.32. The Labute approximate surface area is 161 Å². The van der Waals surface area contributed by atoms with Gasteiger partial charge in [-0.2, -0.15) is 28.1 Å². The van der Waals surface area contributed by atoms with Crippen LogP contribution in [-0.4, -0.2) is 46.8 Å². The highest BCUT2D eigenvalue weighted by atomic mass is 19.4. The molecular formula is C19H23F3N6. The van der Waals surface area contributed by atoms with E-state index >= 15 is 0 Å². The number of aromatic nitrogens is 3. The number of hydrogen-bond acceptors (Lipinski definition) is 6. The molecule has 1 fully saturated rings.